The smallest absolute Gasteiger partial charge is 0.261 e. The predicted octanol–water partition coefficient (Wildman–Crippen LogP) is 3.01. The Morgan fingerprint density at radius 2 is 0.857 bits per heavy atom. The highest BCUT2D eigenvalue weighted by Crippen LogP contribution is 2.22. The molecule has 28 heavy (non-hydrogen) atoms. The minimum atomic E-state index is -0.265. The number of rotatable bonds is 2. The number of imide groups is 2. The van der Waals surface area contributed by atoms with Crippen molar-refractivity contribution in [2.24, 2.45) is 0 Å². The summed E-state index contributed by atoms with van der Waals surface area (Å²) in [4.78, 5) is 48.3. The molecule has 0 unspecified atom stereocenters. The molecule has 6 heteroatoms. The first-order chi connectivity index (χ1) is 13.4. The number of hydrogen-bond acceptors (Lipinski definition) is 4. The summed E-state index contributed by atoms with van der Waals surface area (Å²) >= 11 is 0. The van der Waals surface area contributed by atoms with E-state index in [1.165, 1.54) is 22.0 Å². The van der Waals surface area contributed by atoms with Crippen molar-refractivity contribution >= 4 is 35.0 Å². The van der Waals surface area contributed by atoms with E-state index in [1.807, 2.05) is 12.1 Å². The molecule has 0 aromatic heterocycles. The van der Waals surface area contributed by atoms with Gasteiger partial charge in [-0.3, -0.25) is 19.2 Å². The molecule has 0 radical (unpaired) electrons. The summed E-state index contributed by atoms with van der Waals surface area (Å²) in [5, 5.41) is 0. The van der Waals surface area contributed by atoms with E-state index in [1.54, 1.807) is 62.4 Å². The molecule has 0 saturated carbocycles. The molecule has 2 aliphatic rings. The van der Waals surface area contributed by atoms with E-state index in [4.69, 9.17) is 0 Å². The maximum absolute atomic E-state index is 11.6. The molecular weight excluding hydrogens is 356 g/mol. The van der Waals surface area contributed by atoms with Gasteiger partial charge in [-0.2, -0.15) is 0 Å². The number of carbonyl (C=O) groups excluding carboxylic acids is 4. The predicted molar refractivity (Wildman–Crippen MR) is 105 cm³/mol. The third-order valence-electron chi connectivity index (χ3n) is 4.23. The van der Waals surface area contributed by atoms with Crippen LogP contribution in [-0.2, 0) is 19.2 Å². The zero-order valence-corrected chi connectivity index (χ0v) is 15.5. The fraction of sp³-hybridized carbons (Fsp3) is 0.0909. The zero-order chi connectivity index (χ0) is 20.3. The molecule has 140 valence electrons. The van der Waals surface area contributed by atoms with Gasteiger partial charge in [0.05, 0.1) is 11.4 Å². The van der Waals surface area contributed by atoms with Crippen molar-refractivity contribution in [3.05, 3.63) is 84.0 Å². The average Bonchev–Trinajstić information content (AvgIpc) is 3.10. The third kappa shape index (κ3) is 3.66. The fourth-order valence-electron chi connectivity index (χ4n) is 2.82. The Morgan fingerprint density at radius 1 is 0.536 bits per heavy atom. The number of benzene rings is 2. The summed E-state index contributed by atoms with van der Waals surface area (Å²) in [6.07, 6.45) is 2.71. The van der Waals surface area contributed by atoms with Gasteiger partial charge in [0, 0.05) is 23.3 Å². The van der Waals surface area contributed by atoms with Crippen molar-refractivity contribution in [1.82, 2.24) is 0 Å². The van der Waals surface area contributed by atoms with Gasteiger partial charge < -0.3 is 0 Å². The number of para-hydroxylation sites is 2. The second kappa shape index (κ2) is 7.84. The summed E-state index contributed by atoms with van der Waals surface area (Å²) in [6, 6.07) is 17.8. The Morgan fingerprint density at radius 3 is 1.11 bits per heavy atom. The topological polar surface area (TPSA) is 74.8 Å². The first-order valence-corrected chi connectivity index (χ1v) is 8.63. The van der Waals surface area contributed by atoms with Crippen LogP contribution >= 0.6 is 0 Å². The molecule has 0 atom stereocenters. The summed E-state index contributed by atoms with van der Waals surface area (Å²) in [5.74, 6) is -1.00. The van der Waals surface area contributed by atoms with E-state index < -0.39 is 0 Å². The van der Waals surface area contributed by atoms with E-state index in [0.29, 0.717) is 22.5 Å². The van der Waals surface area contributed by atoms with Gasteiger partial charge in [0.15, 0.2) is 0 Å². The number of carbonyl (C=O) groups is 4. The van der Waals surface area contributed by atoms with Crippen molar-refractivity contribution in [3.63, 3.8) is 0 Å². The van der Waals surface area contributed by atoms with E-state index in [9.17, 15) is 19.2 Å². The maximum Gasteiger partial charge on any atom is 0.261 e. The number of anilines is 2. The highest BCUT2D eigenvalue weighted by molar-refractivity contribution is 6.31. The molecule has 0 aliphatic carbocycles. The van der Waals surface area contributed by atoms with Crippen molar-refractivity contribution in [3.8, 4) is 0 Å². The van der Waals surface area contributed by atoms with Crippen LogP contribution in [-0.4, -0.2) is 23.6 Å². The third-order valence-corrected chi connectivity index (χ3v) is 4.23. The van der Waals surface area contributed by atoms with Crippen LogP contribution in [0.15, 0.2) is 84.0 Å². The molecule has 0 N–H and O–H groups in total. The molecule has 4 rings (SSSR count). The van der Waals surface area contributed by atoms with E-state index in [0.717, 1.165) is 0 Å². The van der Waals surface area contributed by atoms with Crippen LogP contribution in [0.1, 0.15) is 13.8 Å². The van der Waals surface area contributed by atoms with Crippen molar-refractivity contribution in [2.45, 2.75) is 13.8 Å². The summed E-state index contributed by atoms with van der Waals surface area (Å²) in [6.45, 7) is 3.28. The maximum atomic E-state index is 11.6. The van der Waals surface area contributed by atoms with E-state index in [-0.39, 0.29) is 23.6 Å². The Kier molecular flexibility index (Phi) is 5.31. The van der Waals surface area contributed by atoms with E-state index >= 15 is 0 Å². The van der Waals surface area contributed by atoms with Crippen molar-refractivity contribution in [2.75, 3.05) is 9.80 Å². The van der Waals surface area contributed by atoms with Crippen LogP contribution < -0.4 is 9.80 Å². The van der Waals surface area contributed by atoms with Gasteiger partial charge in [-0.1, -0.05) is 36.4 Å². The molecule has 0 fully saturated rings. The average molecular weight is 374 g/mol. The van der Waals surface area contributed by atoms with Crippen LogP contribution in [0.25, 0.3) is 0 Å². The Hall–Kier alpha value is -3.80. The summed E-state index contributed by atoms with van der Waals surface area (Å²) in [7, 11) is 0. The second-order valence-corrected chi connectivity index (χ2v) is 6.28. The lowest BCUT2D eigenvalue weighted by atomic mass is 10.3. The number of nitrogens with zero attached hydrogens (tertiary/aromatic N) is 2. The minimum absolute atomic E-state index is 0.235. The molecule has 0 spiro atoms. The molecule has 0 bridgehead atoms. The van der Waals surface area contributed by atoms with Gasteiger partial charge in [0.2, 0.25) is 0 Å². The van der Waals surface area contributed by atoms with Crippen molar-refractivity contribution < 1.29 is 19.2 Å². The van der Waals surface area contributed by atoms with Gasteiger partial charge in [-0.05, 0) is 38.1 Å². The van der Waals surface area contributed by atoms with Gasteiger partial charge in [0.1, 0.15) is 0 Å². The standard InChI is InChI=1S/2C11H9NO2/c2*1-8-7-10(13)12(11(8)14)9-5-3-2-4-6-9/h2*2-7H,1H3. The lowest BCUT2D eigenvalue weighted by molar-refractivity contribution is -0.121. The Balaban J connectivity index is 0.000000161. The van der Waals surface area contributed by atoms with E-state index in [2.05, 4.69) is 0 Å². The van der Waals surface area contributed by atoms with Crippen LogP contribution in [0, 0.1) is 0 Å². The van der Waals surface area contributed by atoms with Gasteiger partial charge in [-0.15, -0.1) is 0 Å². The fourth-order valence-corrected chi connectivity index (χ4v) is 2.82. The minimum Gasteiger partial charge on any atom is -0.269 e. The molecular formula is C22H18N2O4. The van der Waals surface area contributed by atoms with Crippen LogP contribution in [0.5, 0.6) is 0 Å². The second-order valence-electron chi connectivity index (χ2n) is 6.28. The molecule has 0 saturated heterocycles. The molecule has 2 heterocycles. The molecule has 6 nitrogen and oxygen atoms in total. The first-order valence-electron chi connectivity index (χ1n) is 8.63. The van der Waals surface area contributed by atoms with Gasteiger partial charge >= 0.3 is 0 Å². The monoisotopic (exact) mass is 374 g/mol. The molecule has 2 aromatic carbocycles. The quantitative estimate of drug-likeness (QED) is 0.758. The zero-order valence-electron chi connectivity index (χ0n) is 15.5. The highest BCUT2D eigenvalue weighted by atomic mass is 16.2. The SMILES string of the molecule is CC1=CC(=O)N(c2ccccc2)C1=O.CC1=CC(=O)N(c2ccccc2)C1=O. The molecule has 4 amide bonds. The van der Waals surface area contributed by atoms with Crippen LogP contribution in [0.2, 0.25) is 0 Å². The summed E-state index contributed by atoms with van der Waals surface area (Å²) in [5.41, 5.74) is 2.21. The van der Waals surface area contributed by atoms with Gasteiger partial charge in [0.25, 0.3) is 23.6 Å². The molecule has 2 aromatic rings. The molecule has 2 aliphatic heterocycles. The Labute approximate surface area is 162 Å². The van der Waals surface area contributed by atoms with Crippen LogP contribution in [0.3, 0.4) is 0 Å². The van der Waals surface area contributed by atoms with Crippen LogP contribution in [0.4, 0.5) is 11.4 Å². The summed E-state index contributed by atoms with van der Waals surface area (Å²) < 4.78 is 0. The number of amides is 4. The number of hydrogen-bond donors (Lipinski definition) is 0. The largest absolute Gasteiger partial charge is 0.269 e. The highest BCUT2D eigenvalue weighted by Gasteiger charge is 2.30. The normalized spacial score (nSPS) is 16.1. The lowest BCUT2D eigenvalue weighted by Crippen LogP contribution is -2.30. The van der Waals surface area contributed by atoms with Crippen molar-refractivity contribution in [1.29, 1.82) is 0 Å². The Bertz CT molecular complexity index is 924. The van der Waals surface area contributed by atoms with Gasteiger partial charge in [-0.25, -0.2) is 9.80 Å². The lowest BCUT2D eigenvalue weighted by Gasteiger charge is -2.13. The first kappa shape index (κ1) is 19.0.